The highest BCUT2D eigenvalue weighted by Gasteiger charge is 2.58. The standard InChI is InChI=1S/C15H25NO2/c1-2-18-14(17)11-4-3-7-15(9-11)12-6-5-10(8-12)13(15)16/h10-13H,2-9,16H2,1H3/t10-,11-,12+,13-,15-/m1/s1. The van der Waals surface area contributed by atoms with Crippen molar-refractivity contribution in [3.63, 3.8) is 0 Å². The van der Waals surface area contributed by atoms with Crippen molar-refractivity contribution in [3.05, 3.63) is 0 Å². The molecule has 0 heterocycles. The molecule has 0 aromatic heterocycles. The Labute approximate surface area is 109 Å². The molecule has 102 valence electrons. The van der Waals surface area contributed by atoms with E-state index in [1.165, 1.54) is 25.7 Å². The van der Waals surface area contributed by atoms with Crippen LogP contribution in [0.4, 0.5) is 0 Å². The van der Waals surface area contributed by atoms with Crippen molar-refractivity contribution in [3.8, 4) is 0 Å². The Bertz CT molecular complexity index is 339. The number of rotatable bonds is 2. The molecular formula is C15H25NO2. The van der Waals surface area contributed by atoms with Gasteiger partial charge >= 0.3 is 5.97 Å². The van der Waals surface area contributed by atoms with E-state index in [1.54, 1.807) is 0 Å². The van der Waals surface area contributed by atoms with Crippen LogP contribution in [0.5, 0.6) is 0 Å². The van der Waals surface area contributed by atoms with Crippen LogP contribution >= 0.6 is 0 Å². The van der Waals surface area contributed by atoms with Crippen molar-refractivity contribution in [1.82, 2.24) is 0 Å². The maximum Gasteiger partial charge on any atom is 0.308 e. The number of fused-ring (bicyclic) bond motifs is 3. The molecule has 3 nitrogen and oxygen atoms in total. The zero-order valence-electron chi connectivity index (χ0n) is 11.4. The zero-order valence-corrected chi connectivity index (χ0v) is 11.4. The highest BCUT2D eigenvalue weighted by atomic mass is 16.5. The van der Waals surface area contributed by atoms with Gasteiger partial charge in [-0.3, -0.25) is 4.79 Å². The van der Waals surface area contributed by atoms with Crippen LogP contribution in [0.25, 0.3) is 0 Å². The van der Waals surface area contributed by atoms with E-state index in [0.717, 1.165) is 31.1 Å². The summed E-state index contributed by atoms with van der Waals surface area (Å²) in [6.45, 7) is 2.39. The lowest BCUT2D eigenvalue weighted by molar-refractivity contribution is -0.151. The fraction of sp³-hybridized carbons (Fsp3) is 0.933. The summed E-state index contributed by atoms with van der Waals surface area (Å²) in [4.78, 5) is 12.0. The maximum absolute atomic E-state index is 12.0. The number of carbonyl (C=O) groups excluding carboxylic acids is 1. The Morgan fingerprint density at radius 3 is 2.89 bits per heavy atom. The molecule has 0 unspecified atom stereocenters. The third kappa shape index (κ3) is 1.70. The number of nitrogens with two attached hydrogens (primary N) is 1. The van der Waals surface area contributed by atoms with E-state index < -0.39 is 0 Å². The smallest absolute Gasteiger partial charge is 0.308 e. The van der Waals surface area contributed by atoms with E-state index in [9.17, 15) is 4.79 Å². The lowest BCUT2D eigenvalue weighted by Crippen LogP contribution is -2.49. The molecule has 3 aliphatic carbocycles. The normalized spacial score (nSPS) is 46.6. The molecule has 2 N–H and O–H groups in total. The first kappa shape index (κ1) is 12.5. The lowest BCUT2D eigenvalue weighted by atomic mass is 9.59. The van der Waals surface area contributed by atoms with Gasteiger partial charge in [0.05, 0.1) is 12.5 Å². The molecule has 0 saturated heterocycles. The lowest BCUT2D eigenvalue weighted by Gasteiger charge is -2.47. The molecule has 3 rings (SSSR count). The molecule has 0 aromatic rings. The van der Waals surface area contributed by atoms with Crippen molar-refractivity contribution >= 4 is 5.97 Å². The largest absolute Gasteiger partial charge is 0.466 e. The summed E-state index contributed by atoms with van der Waals surface area (Å²) in [6.07, 6.45) is 8.37. The minimum Gasteiger partial charge on any atom is -0.466 e. The Hall–Kier alpha value is -0.570. The summed E-state index contributed by atoms with van der Waals surface area (Å²) in [5.41, 5.74) is 6.79. The van der Waals surface area contributed by atoms with Crippen LogP contribution in [-0.2, 0) is 9.53 Å². The fourth-order valence-corrected chi connectivity index (χ4v) is 5.08. The van der Waals surface area contributed by atoms with Gasteiger partial charge in [0.15, 0.2) is 0 Å². The average Bonchev–Trinajstić information content (AvgIpc) is 2.94. The predicted molar refractivity (Wildman–Crippen MR) is 69.8 cm³/mol. The van der Waals surface area contributed by atoms with Crippen molar-refractivity contribution in [2.24, 2.45) is 28.9 Å². The number of ether oxygens (including phenoxy) is 1. The van der Waals surface area contributed by atoms with E-state index in [1.807, 2.05) is 6.92 Å². The van der Waals surface area contributed by atoms with Crippen LogP contribution in [0.15, 0.2) is 0 Å². The van der Waals surface area contributed by atoms with E-state index in [4.69, 9.17) is 10.5 Å². The molecule has 5 atom stereocenters. The number of esters is 1. The molecule has 1 spiro atoms. The first-order valence-electron chi connectivity index (χ1n) is 7.59. The Kier molecular flexibility index (Phi) is 3.13. The zero-order chi connectivity index (χ0) is 12.8. The van der Waals surface area contributed by atoms with Gasteiger partial charge < -0.3 is 10.5 Å². The van der Waals surface area contributed by atoms with Gasteiger partial charge in [-0.2, -0.15) is 0 Å². The van der Waals surface area contributed by atoms with Gasteiger partial charge in [0, 0.05) is 6.04 Å². The summed E-state index contributed by atoms with van der Waals surface area (Å²) < 4.78 is 5.22. The number of carbonyl (C=O) groups is 1. The minimum absolute atomic E-state index is 0.0200. The number of hydrogen-bond donors (Lipinski definition) is 1. The van der Waals surface area contributed by atoms with Crippen molar-refractivity contribution in [2.75, 3.05) is 6.61 Å². The van der Waals surface area contributed by atoms with Gasteiger partial charge in [-0.25, -0.2) is 0 Å². The monoisotopic (exact) mass is 251 g/mol. The second-order valence-corrected chi connectivity index (χ2v) is 6.57. The first-order valence-corrected chi connectivity index (χ1v) is 7.59. The number of hydrogen-bond acceptors (Lipinski definition) is 3. The molecule has 3 heteroatoms. The molecule has 3 fully saturated rings. The molecular weight excluding hydrogens is 226 g/mol. The van der Waals surface area contributed by atoms with Gasteiger partial charge in [-0.1, -0.05) is 6.42 Å². The SMILES string of the molecule is CCOC(=O)[C@@H]1CCC[C@@]2(C1)[C@H]1CC[C@H](C1)[C@H]2N. The van der Waals surface area contributed by atoms with E-state index in [0.29, 0.717) is 12.6 Å². The third-order valence-electron chi connectivity index (χ3n) is 5.90. The van der Waals surface area contributed by atoms with Crippen LogP contribution in [0.2, 0.25) is 0 Å². The van der Waals surface area contributed by atoms with Crippen LogP contribution in [0.3, 0.4) is 0 Å². The molecule has 3 saturated carbocycles. The predicted octanol–water partition coefficient (Wildman–Crippen LogP) is 2.48. The van der Waals surface area contributed by atoms with Crippen LogP contribution in [0, 0.1) is 23.2 Å². The highest BCUT2D eigenvalue weighted by molar-refractivity contribution is 5.72. The summed E-state index contributed by atoms with van der Waals surface area (Å²) in [7, 11) is 0. The van der Waals surface area contributed by atoms with Gasteiger partial charge in [0.1, 0.15) is 0 Å². The van der Waals surface area contributed by atoms with E-state index in [2.05, 4.69) is 0 Å². The van der Waals surface area contributed by atoms with Gasteiger partial charge in [0.2, 0.25) is 0 Å². The first-order chi connectivity index (χ1) is 8.67. The van der Waals surface area contributed by atoms with Crippen molar-refractivity contribution < 1.29 is 9.53 Å². The molecule has 18 heavy (non-hydrogen) atoms. The van der Waals surface area contributed by atoms with E-state index >= 15 is 0 Å². The van der Waals surface area contributed by atoms with Gasteiger partial charge in [-0.05, 0) is 62.7 Å². The average molecular weight is 251 g/mol. The van der Waals surface area contributed by atoms with Crippen molar-refractivity contribution in [1.29, 1.82) is 0 Å². The molecule has 0 amide bonds. The molecule has 2 bridgehead atoms. The fourth-order valence-electron chi connectivity index (χ4n) is 5.08. The second kappa shape index (κ2) is 4.52. The maximum atomic E-state index is 12.0. The third-order valence-corrected chi connectivity index (χ3v) is 5.90. The Morgan fingerprint density at radius 1 is 1.39 bits per heavy atom. The van der Waals surface area contributed by atoms with Gasteiger partial charge in [0.25, 0.3) is 0 Å². The molecule has 0 radical (unpaired) electrons. The van der Waals surface area contributed by atoms with Crippen LogP contribution < -0.4 is 5.73 Å². The Balaban J connectivity index is 1.75. The molecule has 0 aliphatic heterocycles. The summed E-state index contributed by atoms with van der Waals surface area (Å²) in [5, 5.41) is 0. The summed E-state index contributed by atoms with van der Waals surface area (Å²) in [6, 6.07) is 0.341. The van der Waals surface area contributed by atoms with Gasteiger partial charge in [-0.15, -0.1) is 0 Å². The molecule has 3 aliphatic rings. The molecule has 0 aromatic carbocycles. The topological polar surface area (TPSA) is 52.3 Å². The van der Waals surface area contributed by atoms with Crippen LogP contribution in [-0.4, -0.2) is 18.6 Å². The quantitative estimate of drug-likeness (QED) is 0.767. The second-order valence-electron chi connectivity index (χ2n) is 6.57. The summed E-state index contributed by atoms with van der Waals surface area (Å²) in [5.74, 6) is 1.65. The highest BCUT2D eigenvalue weighted by Crippen LogP contribution is 2.61. The summed E-state index contributed by atoms with van der Waals surface area (Å²) >= 11 is 0. The van der Waals surface area contributed by atoms with Crippen LogP contribution in [0.1, 0.15) is 51.9 Å². The van der Waals surface area contributed by atoms with E-state index in [-0.39, 0.29) is 17.3 Å². The van der Waals surface area contributed by atoms with Crippen molar-refractivity contribution in [2.45, 2.75) is 57.9 Å². The Morgan fingerprint density at radius 2 is 2.22 bits per heavy atom. The minimum atomic E-state index is 0.0200.